The zero-order chi connectivity index (χ0) is 21.1. The second-order valence-corrected chi connectivity index (χ2v) is 5.89. The average molecular weight is 539 g/mol. The number of aliphatic imine (C=N–C) groups is 1. The highest BCUT2D eigenvalue weighted by Gasteiger charge is 2.28. The third kappa shape index (κ3) is 9.42. The van der Waals surface area contributed by atoms with Gasteiger partial charge in [-0.25, -0.2) is 0 Å². The number of nitrogens with zero attached hydrogens (tertiary/aromatic N) is 1. The van der Waals surface area contributed by atoms with Crippen LogP contribution < -0.4 is 24.8 Å². The van der Waals surface area contributed by atoms with Crippen LogP contribution in [0.1, 0.15) is 5.56 Å². The summed E-state index contributed by atoms with van der Waals surface area (Å²) in [7, 11) is 3.20. The Labute approximate surface area is 190 Å². The summed E-state index contributed by atoms with van der Waals surface area (Å²) in [6, 6.07) is 13.8. The Morgan fingerprint density at radius 2 is 1.63 bits per heavy atom. The first-order chi connectivity index (χ1) is 13.9. The summed E-state index contributed by atoms with van der Waals surface area (Å²) in [5.41, 5.74) is 0.592. The molecule has 0 bridgehead atoms. The van der Waals surface area contributed by atoms with Crippen molar-refractivity contribution in [1.82, 2.24) is 10.6 Å². The molecule has 10 heteroatoms. The second kappa shape index (κ2) is 13.0. The van der Waals surface area contributed by atoms with Gasteiger partial charge in [0.05, 0.1) is 13.7 Å². The van der Waals surface area contributed by atoms with Crippen LogP contribution in [0.5, 0.6) is 17.2 Å². The number of rotatable bonds is 9. The van der Waals surface area contributed by atoms with Gasteiger partial charge in [0.1, 0.15) is 23.9 Å². The topological polar surface area (TPSA) is 64.1 Å². The molecule has 0 radical (unpaired) electrons. The molecule has 2 N–H and O–H groups in total. The fourth-order valence-electron chi connectivity index (χ4n) is 2.36. The number of guanidine groups is 1. The van der Waals surface area contributed by atoms with E-state index in [1.54, 1.807) is 32.4 Å². The Balaban J connectivity index is 0.00000450. The molecule has 30 heavy (non-hydrogen) atoms. The van der Waals surface area contributed by atoms with Crippen molar-refractivity contribution >= 4 is 29.9 Å². The highest BCUT2D eigenvalue weighted by molar-refractivity contribution is 14.0. The van der Waals surface area contributed by atoms with E-state index in [2.05, 4.69) is 15.6 Å². The molecule has 2 rings (SSSR count). The lowest BCUT2D eigenvalue weighted by Gasteiger charge is -2.15. The molecule has 0 amide bonds. The summed E-state index contributed by atoms with van der Waals surface area (Å²) < 4.78 is 52.7. The minimum absolute atomic E-state index is 0. The Morgan fingerprint density at radius 3 is 2.27 bits per heavy atom. The largest absolute Gasteiger partial charge is 0.497 e. The Kier molecular flexibility index (Phi) is 11.2. The molecular weight excluding hydrogens is 514 g/mol. The highest BCUT2D eigenvalue weighted by atomic mass is 127. The highest BCUT2D eigenvalue weighted by Crippen LogP contribution is 2.22. The van der Waals surface area contributed by atoms with Gasteiger partial charge in [-0.3, -0.25) is 4.99 Å². The maximum absolute atomic E-state index is 12.4. The Bertz CT molecular complexity index is 787. The average Bonchev–Trinajstić information content (AvgIpc) is 2.72. The van der Waals surface area contributed by atoms with E-state index < -0.39 is 12.8 Å². The first-order valence-electron chi connectivity index (χ1n) is 8.90. The number of hydrogen-bond donors (Lipinski definition) is 2. The van der Waals surface area contributed by atoms with Gasteiger partial charge in [0.25, 0.3) is 0 Å². The van der Waals surface area contributed by atoms with Crippen LogP contribution in [0.2, 0.25) is 0 Å². The number of halogens is 4. The van der Waals surface area contributed by atoms with E-state index in [1.807, 2.05) is 24.3 Å². The number of nitrogens with one attached hydrogen (secondary N) is 2. The van der Waals surface area contributed by atoms with E-state index >= 15 is 0 Å². The van der Waals surface area contributed by atoms with Gasteiger partial charge in [-0.05, 0) is 30.3 Å². The zero-order valence-corrected chi connectivity index (χ0v) is 19.0. The van der Waals surface area contributed by atoms with E-state index in [0.717, 1.165) is 5.75 Å². The van der Waals surface area contributed by atoms with Gasteiger partial charge in [-0.2, -0.15) is 13.2 Å². The van der Waals surface area contributed by atoms with Gasteiger partial charge < -0.3 is 24.8 Å². The molecule has 2 aromatic rings. The van der Waals surface area contributed by atoms with Crippen molar-refractivity contribution in [2.24, 2.45) is 4.99 Å². The smallest absolute Gasteiger partial charge is 0.422 e. The van der Waals surface area contributed by atoms with E-state index in [1.165, 1.54) is 6.07 Å². The molecule has 166 valence electrons. The van der Waals surface area contributed by atoms with Gasteiger partial charge in [-0.1, -0.05) is 18.2 Å². The molecule has 0 unspecified atom stereocenters. The maximum Gasteiger partial charge on any atom is 0.422 e. The van der Waals surface area contributed by atoms with Gasteiger partial charge in [0, 0.05) is 19.2 Å². The lowest BCUT2D eigenvalue weighted by atomic mass is 10.2. The molecule has 0 aliphatic heterocycles. The lowest BCUT2D eigenvalue weighted by molar-refractivity contribution is -0.153. The molecule has 0 saturated heterocycles. The summed E-state index contributed by atoms with van der Waals surface area (Å²) >= 11 is 0. The third-order valence-electron chi connectivity index (χ3n) is 3.76. The molecule has 0 fully saturated rings. The van der Waals surface area contributed by atoms with Gasteiger partial charge in [-0.15, -0.1) is 24.0 Å². The van der Waals surface area contributed by atoms with Crippen LogP contribution in [-0.2, 0) is 6.54 Å². The van der Waals surface area contributed by atoms with Crippen molar-refractivity contribution in [3.05, 3.63) is 54.1 Å². The van der Waals surface area contributed by atoms with Crippen LogP contribution in [0.15, 0.2) is 53.5 Å². The van der Waals surface area contributed by atoms with Crippen molar-refractivity contribution in [3.8, 4) is 17.2 Å². The minimum Gasteiger partial charge on any atom is -0.497 e. The van der Waals surface area contributed by atoms with Crippen LogP contribution in [0, 0.1) is 0 Å². The predicted octanol–water partition coefficient (Wildman–Crippen LogP) is 4.00. The van der Waals surface area contributed by atoms with E-state index in [4.69, 9.17) is 14.2 Å². The first-order valence-corrected chi connectivity index (χ1v) is 8.90. The van der Waals surface area contributed by atoms with Crippen LogP contribution in [0.4, 0.5) is 13.2 Å². The monoisotopic (exact) mass is 539 g/mol. The molecule has 0 atom stereocenters. The molecule has 2 aromatic carbocycles. The normalized spacial score (nSPS) is 11.3. The number of para-hydroxylation sites is 1. The zero-order valence-electron chi connectivity index (χ0n) is 16.7. The summed E-state index contributed by atoms with van der Waals surface area (Å²) in [4.78, 5) is 4.09. The maximum atomic E-state index is 12.4. The predicted molar refractivity (Wildman–Crippen MR) is 120 cm³/mol. The fourth-order valence-corrected chi connectivity index (χ4v) is 2.36. The molecule has 0 saturated carbocycles. The SMILES string of the molecule is CN=C(NCCOc1ccc(OC)cc1)NCc1ccccc1OCC(F)(F)F.I. The molecule has 0 heterocycles. The summed E-state index contributed by atoms with van der Waals surface area (Å²) in [6.07, 6.45) is -4.39. The molecular formula is C20H25F3IN3O3. The Hall–Kier alpha value is -2.37. The third-order valence-corrected chi connectivity index (χ3v) is 3.76. The number of benzene rings is 2. The summed E-state index contributed by atoms with van der Waals surface area (Å²) in [5.74, 6) is 2.13. The van der Waals surface area contributed by atoms with Crippen LogP contribution in [0.3, 0.4) is 0 Å². The van der Waals surface area contributed by atoms with Gasteiger partial charge in [0.15, 0.2) is 12.6 Å². The van der Waals surface area contributed by atoms with Crippen molar-refractivity contribution in [1.29, 1.82) is 0 Å². The van der Waals surface area contributed by atoms with E-state index in [9.17, 15) is 13.2 Å². The van der Waals surface area contributed by atoms with Crippen LogP contribution in [-0.4, -0.2) is 46.1 Å². The molecule has 0 aliphatic carbocycles. The van der Waals surface area contributed by atoms with Crippen molar-refractivity contribution in [2.45, 2.75) is 12.7 Å². The fraction of sp³-hybridized carbons (Fsp3) is 0.350. The van der Waals surface area contributed by atoms with Crippen molar-refractivity contribution in [2.75, 3.05) is 33.9 Å². The number of ether oxygens (including phenoxy) is 3. The van der Waals surface area contributed by atoms with E-state index in [-0.39, 0.29) is 36.3 Å². The lowest BCUT2D eigenvalue weighted by Crippen LogP contribution is -2.39. The summed E-state index contributed by atoms with van der Waals surface area (Å²) in [6.45, 7) is -0.192. The molecule has 0 aromatic heterocycles. The number of alkyl halides is 3. The van der Waals surface area contributed by atoms with Crippen LogP contribution in [0.25, 0.3) is 0 Å². The second-order valence-electron chi connectivity index (χ2n) is 5.89. The number of hydrogen-bond acceptors (Lipinski definition) is 4. The molecule has 0 aliphatic rings. The standard InChI is InChI=1S/C20H24F3N3O3.HI/c1-24-19(25-11-12-28-17-9-7-16(27-2)8-10-17)26-13-15-5-3-4-6-18(15)29-14-20(21,22)23;/h3-10H,11-14H2,1-2H3,(H2,24,25,26);1H. The van der Waals surface area contributed by atoms with Crippen molar-refractivity contribution < 1.29 is 27.4 Å². The minimum atomic E-state index is -4.39. The summed E-state index contributed by atoms with van der Waals surface area (Å²) in [5, 5.41) is 6.12. The number of methoxy groups -OCH3 is 1. The molecule has 0 spiro atoms. The van der Waals surface area contributed by atoms with E-state index in [0.29, 0.717) is 30.4 Å². The van der Waals surface area contributed by atoms with Gasteiger partial charge >= 0.3 is 6.18 Å². The van der Waals surface area contributed by atoms with Crippen molar-refractivity contribution in [3.63, 3.8) is 0 Å². The van der Waals surface area contributed by atoms with Crippen LogP contribution >= 0.6 is 24.0 Å². The molecule has 6 nitrogen and oxygen atoms in total. The van der Waals surface area contributed by atoms with Gasteiger partial charge in [0.2, 0.25) is 0 Å². The Morgan fingerprint density at radius 1 is 0.967 bits per heavy atom. The first kappa shape index (κ1) is 25.7. The quantitative estimate of drug-likeness (QED) is 0.219.